The molecule has 0 unspecified atom stereocenters. The van der Waals surface area contributed by atoms with Crippen LogP contribution in [-0.4, -0.2) is 4.57 Å². The van der Waals surface area contributed by atoms with Crippen LogP contribution in [0.2, 0.25) is 13.1 Å². The molecule has 0 rings (SSSR count). The predicted octanol–water partition coefficient (Wildman–Crippen LogP) is 4.90. The average Bonchev–Trinajstić information content (AvgIpc) is 1.93. The van der Waals surface area contributed by atoms with E-state index < -0.39 is 0 Å². The fourth-order valence-corrected chi connectivity index (χ4v) is 1.02. The zero-order chi connectivity index (χ0) is 9.70. The number of halogens is 1. The van der Waals surface area contributed by atoms with Gasteiger partial charge in [0, 0.05) is 0 Å². The second-order valence-corrected chi connectivity index (χ2v) is 4.40. The maximum Gasteiger partial charge on any atom is 0.214 e. The van der Waals surface area contributed by atoms with E-state index >= 15 is 0 Å². The van der Waals surface area contributed by atoms with Crippen molar-refractivity contribution in [3.8, 4) is 0 Å². The van der Waals surface area contributed by atoms with Crippen LogP contribution < -0.4 is 0 Å². The molecule has 0 radical (unpaired) electrons. The van der Waals surface area contributed by atoms with Gasteiger partial charge in [-0.25, -0.2) is 0 Å². The van der Waals surface area contributed by atoms with Gasteiger partial charge in [0.2, 0.25) is 4.57 Å². The first-order chi connectivity index (χ1) is 5.18. The lowest BCUT2D eigenvalue weighted by Gasteiger charge is -1.88. The maximum atomic E-state index is 2.44. The summed E-state index contributed by atoms with van der Waals surface area (Å²) in [6, 6.07) is 0. The Bertz CT molecular complexity index is 38.5. The zero-order valence-corrected chi connectivity index (χ0v) is 11.2. The van der Waals surface area contributed by atoms with Gasteiger partial charge in [-0.2, -0.15) is 22.4 Å². The monoisotopic (exact) mass is 270 g/mol. The van der Waals surface area contributed by atoms with E-state index in [4.69, 9.17) is 0 Å². The molecule has 0 aromatic rings. The summed E-state index contributed by atoms with van der Waals surface area (Å²) in [7, 11) is 0. The van der Waals surface area contributed by atoms with Crippen molar-refractivity contribution in [2.75, 3.05) is 0 Å². The van der Waals surface area contributed by atoms with Gasteiger partial charge in [-0.15, -0.1) is 0 Å². The summed E-state index contributed by atoms with van der Waals surface area (Å²) in [6.07, 6.45) is 3.94. The Balaban J connectivity index is -0.000000109. The van der Waals surface area contributed by atoms with Gasteiger partial charge < -0.3 is 0 Å². The highest BCUT2D eigenvalue weighted by molar-refractivity contribution is 14.1. The Morgan fingerprint density at radius 2 is 1.36 bits per heavy atom. The molecule has 0 aromatic carbocycles. The summed E-state index contributed by atoms with van der Waals surface area (Å²) < 4.78 is 0.868. The molecule has 0 saturated heterocycles. The van der Waals surface area contributed by atoms with E-state index in [1.165, 1.54) is 19.2 Å². The Kier molecular flexibility index (Phi) is 36.2. The van der Waals surface area contributed by atoms with Crippen LogP contribution in [0, 0.1) is 0 Å². The number of hydrogen-bond acceptors (Lipinski definition) is 0. The van der Waals surface area contributed by atoms with Crippen LogP contribution in [0.4, 0.5) is 0 Å². The van der Waals surface area contributed by atoms with E-state index in [2.05, 4.69) is 50.0 Å². The average molecular weight is 270 g/mol. The molecule has 0 bridgehead atoms. The van der Waals surface area contributed by atoms with E-state index in [0.717, 1.165) is 4.57 Å². The Hall–Kier alpha value is 0.795. The standard InChI is InChI=1S/C4H10BI.C3H8.C2H6/c1-3-4-5(2)6;1-3-2;1-2/h3-4H2,1-2H3;3H2,1-2H3;1-2H3. The molecule has 70 valence electrons. The Labute approximate surface area is 87.5 Å². The summed E-state index contributed by atoms with van der Waals surface area (Å²) in [4.78, 5) is 0. The molecule has 0 fully saturated rings. The van der Waals surface area contributed by atoms with Crippen molar-refractivity contribution >= 4 is 26.9 Å². The molecule has 2 heteroatoms. The van der Waals surface area contributed by atoms with Crippen molar-refractivity contribution in [2.45, 2.75) is 60.6 Å². The normalized spacial score (nSPS) is 6.82. The molecular weight excluding hydrogens is 246 g/mol. The molecule has 0 atom stereocenters. The summed E-state index contributed by atoms with van der Waals surface area (Å²) in [5.74, 6) is 0. The van der Waals surface area contributed by atoms with Crippen LogP contribution >= 0.6 is 22.4 Å². The van der Waals surface area contributed by atoms with Crippen molar-refractivity contribution < 1.29 is 0 Å². The van der Waals surface area contributed by atoms with E-state index in [1.54, 1.807) is 0 Å². The second kappa shape index (κ2) is 22.4. The molecule has 0 N–H and O–H groups in total. The topological polar surface area (TPSA) is 0 Å². The van der Waals surface area contributed by atoms with E-state index in [-0.39, 0.29) is 0 Å². The van der Waals surface area contributed by atoms with E-state index in [9.17, 15) is 0 Å². The molecular formula is C9H24BI. The van der Waals surface area contributed by atoms with Gasteiger partial charge >= 0.3 is 0 Å². The van der Waals surface area contributed by atoms with Crippen LogP contribution in [0.15, 0.2) is 0 Å². The predicted molar refractivity (Wildman–Crippen MR) is 68.0 cm³/mol. The lowest BCUT2D eigenvalue weighted by Crippen LogP contribution is -1.90. The van der Waals surface area contributed by atoms with Gasteiger partial charge in [-0.3, -0.25) is 0 Å². The van der Waals surface area contributed by atoms with Gasteiger partial charge in [-0.05, 0) is 0 Å². The van der Waals surface area contributed by atoms with Gasteiger partial charge in [0.15, 0.2) is 0 Å². The highest BCUT2D eigenvalue weighted by Crippen LogP contribution is 2.02. The van der Waals surface area contributed by atoms with Gasteiger partial charge in [0.05, 0.1) is 0 Å². The lowest BCUT2D eigenvalue weighted by molar-refractivity contribution is 1.07. The number of hydrogen-bond donors (Lipinski definition) is 0. The third-order valence-electron chi connectivity index (χ3n) is 0.686. The maximum absolute atomic E-state index is 2.44. The zero-order valence-electron chi connectivity index (χ0n) is 9.08. The quantitative estimate of drug-likeness (QED) is 0.494. The molecule has 11 heavy (non-hydrogen) atoms. The van der Waals surface area contributed by atoms with Crippen molar-refractivity contribution in [1.29, 1.82) is 0 Å². The third-order valence-corrected chi connectivity index (χ3v) is 1.31. The van der Waals surface area contributed by atoms with E-state index in [0.29, 0.717) is 0 Å². The summed E-state index contributed by atoms with van der Waals surface area (Å²) >= 11 is 2.44. The fourth-order valence-electron chi connectivity index (χ4n) is 0.398. The Morgan fingerprint density at radius 3 is 1.36 bits per heavy atom. The van der Waals surface area contributed by atoms with Crippen LogP contribution in [-0.2, 0) is 0 Å². The van der Waals surface area contributed by atoms with Gasteiger partial charge in [-0.1, -0.05) is 60.6 Å². The molecule has 0 heterocycles. The Morgan fingerprint density at radius 1 is 1.09 bits per heavy atom. The van der Waals surface area contributed by atoms with Crippen LogP contribution in [0.1, 0.15) is 47.5 Å². The third kappa shape index (κ3) is 58.0. The molecule has 0 nitrogen and oxygen atoms in total. The molecule has 0 amide bonds. The van der Waals surface area contributed by atoms with E-state index in [1.807, 2.05) is 13.8 Å². The number of rotatable bonds is 2. The molecule has 0 aliphatic rings. The molecule has 0 spiro atoms. The van der Waals surface area contributed by atoms with Crippen molar-refractivity contribution in [3.63, 3.8) is 0 Å². The minimum atomic E-state index is 0.868. The molecule has 0 aliphatic carbocycles. The first-order valence-corrected chi connectivity index (χ1v) is 6.07. The first kappa shape index (κ1) is 17.8. The summed E-state index contributed by atoms with van der Waals surface area (Å²) in [5, 5.41) is 0. The van der Waals surface area contributed by atoms with Crippen LogP contribution in [0.5, 0.6) is 0 Å². The lowest BCUT2D eigenvalue weighted by atomic mass is 9.77. The summed E-state index contributed by atoms with van der Waals surface area (Å²) in [6.45, 7) is 12.7. The minimum Gasteiger partial charge on any atom is -0.150 e. The van der Waals surface area contributed by atoms with Gasteiger partial charge in [0.25, 0.3) is 0 Å². The summed E-state index contributed by atoms with van der Waals surface area (Å²) in [5.41, 5.74) is 0. The second-order valence-electron chi connectivity index (χ2n) is 2.28. The van der Waals surface area contributed by atoms with Crippen LogP contribution in [0.25, 0.3) is 0 Å². The highest BCUT2D eigenvalue weighted by Gasteiger charge is 1.94. The highest BCUT2D eigenvalue weighted by atomic mass is 127. The smallest absolute Gasteiger partial charge is 0.150 e. The van der Waals surface area contributed by atoms with Crippen LogP contribution in [0.3, 0.4) is 0 Å². The first-order valence-electron chi connectivity index (χ1n) is 4.83. The van der Waals surface area contributed by atoms with Crippen molar-refractivity contribution in [3.05, 3.63) is 0 Å². The SMILES string of the molecule is CC.CCC.CCCB(C)I. The molecule has 0 saturated carbocycles. The fraction of sp³-hybridized carbons (Fsp3) is 1.00. The molecule has 0 aromatic heterocycles. The van der Waals surface area contributed by atoms with Gasteiger partial charge in [0.1, 0.15) is 0 Å². The molecule has 0 aliphatic heterocycles. The minimum absolute atomic E-state index is 0.868. The largest absolute Gasteiger partial charge is 0.214 e. The van der Waals surface area contributed by atoms with Crippen molar-refractivity contribution in [2.24, 2.45) is 0 Å². The van der Waals surface area contributed by atoms with Crippen molar-refractivity contribution in [1.82, 2.24) is 0 Å².